The maximum Gasteiger partial charge on any atom is 0.167 e. The van der Waals surface area contributed by atoms with Crippen molar-refractivity contribution in [1.29, 1.82) is 0 Å². The van der Waals surface area contributed by atoms with Gasteiger partial charge in [0.1, 0.15) is 0 Å². The van der Waals surface area contributed by atoms with Gasteiger partial charge >= 0.3 is 0 Å². The number of hydrogen-bond donors (Lipinski definition) is 0. The van der Waals surface area contributed by atoms with Gasteiger partial charge in [-0.05, 0) is 18.2 Å². The van der Waals surface area contributed by atoms with Gasteiger partial charge in [0, 0.05) is 24.1 Å². The normalized spacial score (nSPS) is 21.2. The van der Waals surface area contributed by atoms with E-state index >= 15 is 0 Å². The van der Waals surface area contributed by atoms with Crippen molar-refractivity contribution in [1.82, 2.24) is 4.90 Å². The van der Waals surface area contributed by atoms with Crippen molar-refractivity contribution in [3.63, 3.8) is 0 Å². The number of rotatable bonds is 3. The predicted octanol–water partition coefficient (Wildman–Crippen LogP) is 3.69. The molecular weight excluding hydrogens is 246 g/mol. The summed E-state index contributed by atoms with van der Waals surface area (Å²) >= 11 is 0. The number of hydrogen-bond acceptors (Lipinski definition) is 2. The lowest BCUT2D eigenvalue weighted by Gasteiger charge is -2.28. The van der Waals surface area contributed by atoms with Gasteiger partial charge in [-0.15, -0.1) is 0 Å². The van der Waals surface area contributed by atoms with Gasteiger partial charge in [-0.2, -0.15) is 0 Å². The van der Waals surface area contributed by atoms with Gasteiger partial charge in [0.05, 0.1) is 0 Å². The van der Waals surface area contributed by atoms with E-state index in [1.165, 1.54) is 11.1 Å². The van der Waals surface area contributed by atoms with E-state index in [-0.39, 0.29) is 17.7 Å². The van der Waals surface area contributed by atoms with E-state index in [1.807, 2.05) is 31.2 Å². The van der Waals surface area contributed by atoms with Crippen LogP contribution in [0.5, 0.6) is 0 Å². The summed E-state index contributed by atoms with van der Waals surface area (Å²) in [5, 5.41) is 0. The molecule has 0 aromatic heterocycles. The van der Waals surface area contributed by atoms with Gasteiger partial charge in [-0.1, -0.05) is 61.5 Å². The standard InChI is InChI=1S/C18H19NO/c1-13-17(15-10-6-7-11-16(15)18(13)20)19(2)12-14-8-4-3-5-9-14/h3-11,13,17H,12H2,1-2H3. The first-order valence-corrected chi connectivity index (χ1v) is 7.06. The fourth-order valence-electron chi connectivity index (χ4n) is 3.23. The van der Waals surface area contributed by atoms with Crippen molar-refractivity contribution >= 4 is 5.78 Å². The van der Waals surface area contributed by atoms with Gasteiger partial charge in [-0.25, -0.2) is 0 Å². The van der Waals surface area contributed by atoms with Crippen molar-refractivity contribution in [3.05, 3.63) is 71.3 Å². The van der Waals surface area contributed by atoms with Gasteiger partial charge in [0.25, 0.3) is 0 Å². The quantitative estimate of drug-likeness (QED) is 0.843. The molecule has 2 heteroatoms. The number of ketones is 1. The SMILES string of the molecule is CC1C(=O)c2ccccc2C1N(C)Cc1ccccc1. The largest absolute Gasteiger partial charge is 0.294 e. The zero-order valence-corrected chi connectivity index (χ0v) is 11.9. The van der Waals surface area contributed by atoms with Crippen molar-refractivity contribution in [2.24, 2.45) is 5.92 Å². The molecule has 1 aliphatic carbocycles. The Bertz CT molecular complexity index is 620. The van der Waals surface area contributed by atoms with Crippen molar-refractivity contribution < 1.29 is 4.79 Å². The van der Waals surface area contributed by atoms with Gasteiger partial charge in [0.2, 0.25) is 0 Å². The number of fused-ring (bicyclic) bond motifs is 1. The molecule has 0 radical (unpaired) electrons. The van der Waals surface area contributed by atoms with Gasteiger partial charge in [0.15, 0.2) is 5.78 Å². The second-order valence-corrected chi connectivity index (χ2v) is 5.59. The number of benzene rings is 2. The van der Waals surface area contributed by atoms with Crippen LogP contribution in [0.15, 0.2) is 54.6 Å². The van der Waals surface area contributed by atoms with Crippen LogP contribution in [0.2, 0.25) is 0 Å². The summed E-state index contributed by atoms with van der Waals surface area (Å²) in [6.45, 7) is 2.89. The Morgan fingerprint density at radius 3 is 2.40 bits per heavy atom. The van der Waals surface area contributed by atoms with Crippen molar-refractivity contribution in [2.45, 2.75) is 19.5 Å². The van der Waals surface area contributed by atoms with Crippen LogP contribution in [0.3, 0.4) is 0 Å². The first-order chi connectivity index (χ1) is 9.68. The zero-order valence-electron chi connectivity index (χ0n) is 11.9. The Labute approximate surface area is 120 Å². The molecule has 2 unspecified atom stereocenters. The summed E-state index contributed by atoms with van der Waals surface area (Å²) < 4.78 is 0. The number of nitrogens with zero attached hydrogens (tertiary/aromatic N) is 1. The Hall–Kier alpha value is -1.93. The minimum Gasteiger partial charge on any atom is -0.294 e. The zero-order chi connectivity index (χ0) is 14.1. The Kier molecular flexibility index (Phi) is 3.41. The highest BCUT2D eigenvalue weighted by Crippen LogP contribution is 2.39. The molecule has 2 aromatic carbocycles. The fraction of sp³-hybridized carbons (Fsp3) is 0.278. The highest BCUT2D eigenvalue weighted by molar-refractivity contribution is 6.02. The minimum absolute atomic E-state index is 0.0288. The van der Waals surface area contributed by atoms with E-state index in [9.17, 15) is 4.79 Å². The van der Waals surface area contributed by atoms with E-state index in [0.29, 0.717) is 0 Å². The van der Waals surface area contributed by atoms with Gasteiger partial charge in [-0.3, -0.25) is 9.69 Å². The summed E-state index contributed by atoms with van der Waals surface area (Å²) in [4.78, 5) is 14.6. The molecule has 3 rings (SSSR count). The van der Waals surface area contributed by atoms with E-state index in [1.54, 1.807) is 0 Å². The molecule has 0 amide bonds. The molecule has 0 N–H and O–H groups in total. The molecule has 20 heavy (non-hydrogen) atoms. The van der Waals surface area contributed by atoms with Crippen LogP contribution in [-0.4, -0.2) is 17.7 Å². The smallest absolute Gasteiger partial charge is 0.167 e. The van der Waals surface area contributed by atoms with Crippen LogP contribution in [0.4, 0.5) is 0 Å². The molecule has 2 nitrogen and oxygen atoms in total. The summed E-state index contributed by atoms with van der Waals surface area (Å²) in [5.74, 6) is 0.298. The third-order valence-electron chi connectivity index (χ3n) is 4.18. The Balaban J connectivity index is 1.88. The third kappa shape index (κ3) is 2.16. The van der Waals surface area contributed by atoms with Crippen LogP contribution in [0.25, 0.3) is 0 Å². The predicted molar refractivity (Wildman–Crippen MR) is 80.6 cm³/mol. The molecule has 0 saturated carbocycles. The molecule has 102 valence electrons. The molecular formula is C18H19NO. The molecule has 2 atom stereocenters. The molecule has 0 bridgehead atoms. The van der Waals surface area contributed by atoms with Crippen LogP contribution < -0.4 is 0 Å². The molecule has 0 fully saturated rings. The van der Waals surface area contributed by atoms with Crippen molar-refractivity contribution in [3.8, 4) is 0 Å². The van der Waals surface area contributed by atoms with E-state index in [0.717, 1.165) is 12.1 Å². The second-order valence-electron chi connectivity index (χ2n) is 5.59. The molecule has 0 heterocycles. The molecule has 1 aliphatic rings. The maximum absolute atomic E-state index is 12.3. The lowest BCUT2D eigenvalue weighted by atomic mass is 10.0. The average molecular weight is 265 g/mol. The van der Waals surface area contributed by atoms with Gasteiger partial charge < -0.3 is 0 Å². The molecule has 2 aromatic rings. The van der Waals surface area contributed by atoms with Crippen LogP contribution in [-0.2, 0) is 6.54 Å². The minimum atomic E-state index is 0.0288. The molecule has 0 aliphatic heterocycles. The van der Waals surface area contributed by atoms with E-state index in [4.69, 9.17) is 0 Å². The summed E-state index contributed by atoms with van der Waals surface area (Å²) in [6.07, 6.45) is 0. The highest BCUT2D eigenvalue weighted by atomic mass is 16.1. The summed E-state index contributed by atoms with van der Waals surface area (Å²) in [5.41, 5.74) is 3.34. The first-order valence-electron chi connectivity index (χ1n) is 7.06. The summed E-state index contributed by atoms with van der Waals surface area (Å²) in [6, 6.07) is 18.6. The average Bonchev–Trinajstić information content (AvgIpc) is 2.72. The summed E-state index contributed by atoms with van der Waals surface area (Å²) in [7, 11) is 2.10. The monoisotopic (exact) mass is 265 g/mol. The third-order valence-corrected chi connectivity index (χ3v) is 4.18. The number of carbonyl (C=O) groups is 1. The maximum atomic E-state index is 12.3. The molecule has 0 spiro atoms. The Morgan fingerprint density at radius 2 is 1.65 bits per heavy atom. The van der Waals surface area contributed by atoms with Crippen LogP contribution in [0, 0.1) is 5.92 Å². The second kappa shape index (κ2) is 5.22. The van der Waals surface area contributed by atoms with E-state index < -0.39 is 0 Å². The first kappa shape index (κ1) is 13.1. The Morgan fingerprint density at radius 1 is 1.00 bits per heavy atom. The lowest BCUT2D eigenvalue weighted by Crippen LogP contribution is -2.27. The highest BCUT2D eigenvalue weighted by Gasteiger charge is 2.38. The number of carbonyl (C=O) groups excluding carboxylic acids is 1. The topological polar surface area (TPSA) is 20.3 Å². The number of Topliss-reactive ketones (excluding diaryl/α,β-unsaturated/α-hetero) is 1. The van der Waals surface area contributed by atoms with Crippen LogP contribution >= 0.6 is 0 Å². The fourth-order valence-corrected chi connectivity index (χ4v) is 3.23. The van der Waals surface area contributed by atoms with Crippen molar-refractivity contribution in [2.75, 3.05) is 7.05 Å². The van der Waals surface area contributed by atoms with E-state index in [2.05, 4.69) is 42.3 Å². The lowest BCUT2D eigenvalue weighted by molar-refractivity contribution is 0.0871. The van der Waals surface area contributed by atoms with Crippen LogP contribution in [0.1, 0.15) is 34.5 Å². The molecule has 0 saturated heterocycles.